The molecule has 2 rings (SSSR count). The van der Waals surface area contributed by atoms with Crippen LogP contribution in [-0.4, -0.2) is 16.2 Å². The van der Waals surface area contributed by atoms with E-state index in [0.717, 1.165) is 16.7 Å². The van der Waals surface area contributed by atoms with Gasteiger partial charge in [-0.25, -0.2) is 4.79 Å². The van der Waals surface area contributed by atoms with Crippen molar-refractivity contribution in [1.82, 2.24) is 5.16 Å². The Hall–Kier alpha value is -2.10. The SMILES string of the molecule is Cc1cc(C)cc(-c2noc(C)c2C(=O)O)c1. The van der Waals surface area contributed by atoms with Gasteiger partial charge in [0.1, 0.15) is 17.0 Å². The summed E-state index contributed by atoms with van der Waals surface area (Å²) in [6.07, 6.45) is 0. The van der Waals surface area contributed by atoms with Crippen molar-refractivity contribution in [3.63, 3.8) is 0 Å². The van der Waals surface area contributed by atoms with Crippen molar-refractivity contribution in [3.8, 4) is 11.3 Å². The molecule has 1 N–H and O–H groups in total. The summed E-state index contributed by atoms with van der Waals surface area (Å²) >= 11 is 0. The monoisotopic (exact) mass is 231 g/mol. The van der Waals surface area contributed by atoms with Gasteiger partial charge < -0.3 is 9.63 Å². The zero-order valence-corrected chi connectivity index (χ0v) is 9.94. The van der Waals surface area contributed by atoms with Crippen LogP contribution in [0.1, 0.15) is 27.2 Å². The first-order valence-corrected chi connectivity index (χ1v) is 5.27. The highest BCUT2D eigenvalue weighted by Crippen LogP contribution is 2.26. The fraction of sp³-hybridized carbons (Fsp3) is 0.231. The maximum absolute atomic E-state index is 11.1. The van der Waals surface area contributed by atoms with E-state index in [2.05, 4.69) is 5.16 Å². The van der Waals surface area contributed by atoms with Gasteiger partial charge in [0.2, 0.25) is 0 Å². The Morgan fingerprint density at radius 1 is 1.18 bits per heavy atom. The third-order valence-electron chi connectivity index (χ3n) is 2.57. The zero-order chi connectivity index (χ0) is 12.6. The molecule has 1 heterocycles. The number of aromatic carboxylic acids is 1. The van der Waals surface area contributed by atoms with Crippen LogP contribution in [0, 0.1) is 20.8 Å². The summed E-state index contributed by atoms with van der Waals surface area (Å²) in [5.41, 5.74) is 3.43. The summed E-state index contributed by atoms with van der Waals surface area (Å²) in [6, 6.07) is 5.82. The number of aromatic nitrogens is 1. The van der Waals surface area contributed by atoms with Gasteiger partial charge in [0.15, 0.2) is 0 Å². The van der Waals surface area contributed by atoms with E-state index in [-0.39, 0.29) is 5.56 Å². The minimum absolute atomic E-state index is 0.134. The summed E-state index contributed by atoms with van der Waals surface area (Å²) in [4.78, 5) is 11.1. The van der Waals surface area contributed by atoms with Crippen molar-refractivity contribution in [2.45, 2.75) is 20.8 Å². The van der Waals surface area contributed by atoms with Crippen molar-refractivity contribution in [1.29, 1.82) is 0 Å². The number of carboxylic acids is 1. The third kappa shape index (κ3) is 2.06. The lowest BCUT2D eigenvalue weighted by Crippen LogP contribution is -1.99. The molecular weight excluding hydrogens is 218 g/mol. The van der Waals surface area contributed by atoms with Crippen LogP contribution in [0.25, 0.3) is 11.3 Å². The van der Waals surface area contributed by atoms with Gasteiger partial charge in [-0.1, -0.05) is 22.3 Å². The van der Waals surface area contributed by atoms with E-state index in [1.165, 1.54) is 0 Å². The maximum atomic E-state index is 11.1. The molecule has 0 aliphatic carbocycles. The van der Waals surface area contributed by atoms with Crippen LogP contribution in [0.5, 0.6) is 0 Å². The molecule has 1 aromatic carbocycles. The number of carboxylic acid groups (broad SMARTS) is 1. The summed E-state index contributed by atoms with van der Waals surface area (Å²) in [6.45, 7) is 5.52. The van der Waals surface area contributed by atoms with Crippen LogP contribution in [0.4, 0.5) is 0 Å². The molecule has 4 nitrogen and oxygen atoms in total. The van der Waals surface area contributed by atoms with E-state index in [4.69, 9.17) is 9.63 Å². The van der Waals surface area contributed by atoms with Crippen LogP contribution >= 0.6 is 0 Å². The molecule has 4 heteroatoms. The molecule has 0 bridgehead atoms. The molecule has 1 aromatic heterocycles. The molecular formula is C13H13NO3. The molecule has 0 radical (unpaired) electrons. The van der Waals surface area contributed by atoms with Crippen LogP contribution in [0.15, 0.2) is 22.7 Å². The molecule has 0 spiro atoms. The Balaban J connectivity index is 2.64. The average Bonchev–Trinajstić information content (AvgIpc) is 2.58. The second-order valence-corrected chi connectivity index (χ2v) is 4.14. The van der Waals surface area contributed by atoms with E-state index in [0.29, 0.717) is 11.5 Å². The second-order valence-electron chi connectivity index (χ2n) is 4.14. The molecule has 0 aliphatic heterocycles. The van der Waals surface area contributed by atoms with E-state index in [9.17, 15) is 4.79 Å². The molecule has 0 saturated carbocycles. The van der Waals surface area contributed by atoms with Crippen LogP contribution in [0.2, 0.25) is 0 Å². The normalized spacial score (nSPS) is 10.5. The van der Waals surface area contributed by atoms with Gasteiger partial charge in [0, 0.05) is 5.56 Å². The first-order chi connectivity index (χ1) is 7.99. The number of hydrogen-bond acceptors (Lipinski definition) is 3. The van der Waals surface area contributed by atoms with Gasteiger partial charge in [-0.3, -0.25) is 0 Å². The maximum Gasteiger partial charge on any atom is 0.341 e. The first-order valence-electron chi connectivity index (χ1n) is 5.27. The van der Waals surface area contributed by atoms with Crippen molar-refractivity contribution < 1.29 is 14.4 Å². The lowest BCUT2D eigenvalue weighted by Gasteiger charge is -2.02. The quantitative estimate of drug-likeness (QED) is 0.863. The minimum atomic E-state index is -1.02. The number of carbonyl (C=O) groups is 1. The highest BCUT2D eigenvalue weighted by Gasteiger charge is 2.20. The number of hydrogen-bond donors (Lipinski definition) is 1. The lowest BCUT2D eigenvalue weighted by molar-refractivity contribution is 0.0696. The van der Waals surface area contributed by atoms with Gasteiger partial charge in [-0.05, 0) is 32.9 Å². The lowest BCUT2D eigenvalue weighted by atomic mass is 10.0. The number of nitrogens with zero attached hydrogens (tertiary/aromatic N) is 1. The molecule has 17 heavy (non-hydrogen) atoms. The zero-order valence-electron chi connectivity index (χ0n) is 9.94. The van der Waals surface area contributed by atoms with Gasteiger partial charge in [-0.2, -0.15) is 0 Å². The number of benzene rings is 1. The standard InChI is InChI=1S/C13H13NO3/c1-7-4-8(2)6-10(5-7)12-11(13(15)16)9(3)17-14-12/h4-6H,1-3H3,(H,15,16). The Morgan fingerprint density at radius 2 is 1.76 bits per heavy atom. The second kappa shape index (κ2) is 4.05. The van der Waals surface area contributed by atoms with Crippen molar-refractivity contribution in [2.24, 2.45) is 0 Å². The molecule has 2 aromatic rings. The molecule has 88 valence electrons. The van der Waals surface area contributed by atoms with Gasteiger partial charge in [0.05, 0.1) is 0 Å². The Bertz CT molecular complexity index is 564. The molecule has 0 atom stereocenters. The van der Waals surface area contributed by atoms with Gasteiger partial charge in [-0.15, -0.1) is 0 Å². The van der Waals surface area contributed by atoms with Gasteiger partial charge >= 0.3 is 5.97 Å². The highest BCUT2D eigenvalue weighted by atomic mass is 16.5. The van der Waals surface area contributed by atoms with Crippen LogP contribution in [0.3, 0.4) is 0 Å². The molecule has 0 fully saturated rings. The summed E-state index contributed by atoms with van der Waals surface area (Å²) in [5.74, 6) is -0.690. The molecule has 0 saturated heterocycles. The molecule has 0 aliphatic rings. The third-order valence-corrected chi connectivity index (χ3v) is 2.57. The topological polar surface area (TPSA) is 63.3 Å². The van der Waals surface area contributed by atoms with Gasteiger partial charge in [0.25, 0.3) is 0 Å². The van der Waals surface area contributed by atoms with E-state index < -0.39 is 5.97 Å². The Labute approximate surface area is 98.9 Å². The predicted molar refractivity (Wildman–Crippen MR) is 63.1 cm³/mol. The van der Waals surface area contributed by atoms with E-state index >= 15 is 0 Å². The van der Waals surface area contributed by atoms with Crippen LogP contribution in [-0.2, 0) is 0 Å². The largest absolute Gasteiger partial charge is 0.477 e. The van der Waals surface area contributed by atoms with Crippen LogP contribution < -0.4 is 0 Å². The van der Waals surface area contributed by atoms with E-state index in [1.54, 1.807) is 6.92 Å². The van der Waals surface area contributed by atoms with Crippen molar-refractivity contribution >= 4 is 5.97 Å². The number of rotatable bonds is 2. The highest BCUT2D eigenvalue weighted by molar-refractivity contribution is 5.95. The van der Waals surface area contributed by atoms with Crippen molar-refractivity contribution in [3.05, 3.63) is 40.6 Å². The molecule has 0 amide bonds. The molecule has 0 unspecified atom stereocenters. The summed E-state index contributed by atoms with van der Waals surface area (Å²) in [5, 5.41) is 13.0. The summed E-state index contributed by atoms with van der Waals surface area (Å²) in [7, 11) is 0. The Morgan fingerprint density at radius 3 is 2.29 bits per heavy atom. The fourth-order valence-corrected chi connectivity index (χ4v) is 1.93. The Kier molecular flexibility index (Phi) is 2.71. The predicted octanol–water partition coefficient (Wildman–Crippen LogP) is 2.97. The summed E-state index contributed by atoms with van der Waals surface area (Å²) < 4.78 is 4.96. The average molecular weight is 231 g/mol. The number of aryl methyl sites for hydroxylation is 3. The van der Waals surface area contributed by atoms with E-state index in [1.807, 2.05) is 32.0 Å². The minimum Gasteiger partial charge on any atom is -0.477 e. The first kappa shape index (κ1) is 11.4. The van der Waals surface area contributed by atoms with Crippen molar-refractivity contribution in [2.75, 3.05) is 0 Å². The smallest absolute Gasteiger partial charge is 0.341 e. The fourth-order valence-electron chi connectivity index (χ4n) is 1.93.